The summed E-state index contributed by atoms with van der Waals surface area (Å²) < 4.78 is 5.99. The van der Waals surface area contributed by atoms with Gasteiger partial charge in [0.25, 0.3) is 5.91 Å². The number of rotatable bonds is 8. The van der Waals surface area contributed by atoms with Crippen LogP contribution in [-0.4, -0.2) is 48.5 Å². The molecule has 210 valence electrons. The van der Waals surface area contributed by atoms with Crippen molar-refractivity contribution < 1.29 is 19.1 Å². The number of aromatic nitrogens is 1. The van der Waals surface area contributed by atoms with Gasteiger partial charge in [0.05, 0.1) is 29.0 Å². The van der Waals surface area contributed by atoms with E-state index in [0.29, 0.717) is 38.3 Å². The third kappa shape index (κ3) is 5.21. The highest BCUT2D eigenvalue weighted by Crippen LogP contribution is 2.47. The maximum Gasteiger partial charge on any atom is 0.331 e. The molecule has 4 N–H and O–H groups in total. The fourth-order valence-electron chi connectivity index (χ4n) is 5.51. The molecule has 0 unspecified atom stereocenters. The number of carbonyl (C=O) groups is 3. The molecule has 41 heavy (non-hydrogen) atoms. The number of anilines is 3. The molecule has 3 heterocycles. The maximum absolute atomic E-state index is 13.8. The first-order valence-electron chi connectivity index (χ1n) is 13.5. The van der Waals surface area contributed by atoms with Crippen molar-refractivity contribution >= 4 is 56.5 Å². The molecule has 6 rings (SSSR count). The lowest BCUT2D eigenvalue weighted by Gasteiger charge is -2.30. The number of benzene rings is 2. The number of nitrogens with zero attached hydrogens (tertiary/aromatic N) is 2. The van der Waals surface area contributed by atoms with Crippen LogP contribution in [0.2, 0.25) is 0 Å². The molecule has 4 amide bonds. The number of likely N-dealkylation sites (N-methyl/N-ethyl adjacent to an activating group) is 1. The Labute approximate surface area is 241 Å². The summed E-state index contributed by atoms with van der Waals surface area (Å²) in [6, 6.07) is 16.0. The van der Waals surface area contributed by atoms with Gasteiger partial charge in [-0.1, -0.05) is 18.2 Å². The molecule has 0 bridgehead atoms. The summed E-state index contributed by atoms with van der Waals surface area (Å²) >= 11 is 1.25. The second kappa shape index (κ2) is 11.2. The van der Waals surface area contributed by atoms with E-state index in [1.54, 1.807) is 24.2 Å². The highest BCUT2D eigenvalue weighted by atomic mass is 32.1. The molecule has 0 saturated heterocycles. The summed E-state index contributed by atoms with van der Waals surface area (Å²) in [6.45, 7) is 2.12. The van der Waals surface area contributed by atoms with Gasteiger partial charge in [-0.05, 0) is 75.2 Å². The van der Waals surface area contributed by atoms with Crippen LogP contribution in [0.5, 0.6) is 11.5 Å². The van der Waals surface area contributed by atoms with E-state index >= 15 is 0 Å². The van der Waals surface area contributed by atoms with Crippen LogP contribution in [0.1, 0.15) is 34.5 Å². The normalized spacial score (nSPS) is 17.8. The summed E-state index contributed by atoms with van der Waals surface area (Å²) in [4.78, 5) is 46.7. The van der Waals surface area contributed by atoms with Crippen molar-refractivity contribution in [1.29, 1.82) is 0 Å². The molecule has 1 fully saturated rings. The molecule has 0 radical (unpaired) electrons. The molecule has 2 aromatic heterocycles. The maximum atomic E-state index is 13.8. The second-order valence-corrected chi connectivity index (χ2v) is 11.2. The monoisotopic (exact) mass is 570 g/mol. The van der Waals surface area contributed by atoms with Crippen molar-refractivity contribution in [3.63, 3.8) is 0 Å². The third-order valence-corrected chi connectivity index (χ3v) is 8.43. The number of ether oxygens (including phenoxy) is 1. The highest BCUT2D eigenvalue weighted by molar-refractivity contribution is 7.21. The lowest BCUT2D eigenvalue weighted by atomic mass is 10.1. The van der Waals surface area contributed by atoms with Crippen LogP contribution in [0.3, 0.4) is 0 Å². The minimum absolute atomic E-state index is 0.109. The first-order chi connectivity index (χ1) is 19.9. The number of pyridine rings is 1. The average Bonchev–Trinajstić information content (AvgIpc) is 3.55. The zero-order chi connectivity index (χ0) is 28.5. The quantitative estimate of drug-likeness (QED) is 0.235. The Balaban J connectivity index is 1.34. The summed E-state index contributed by atoms with van der Waals surface area (Å²) in [7, 11) is 1.72. The Kier molecular flexibility index (Phi) is 7.29. The summed E-state index contributed by atoms with van der Waals surface area (Å²) in [5, 5.41) is 12.7. The van der Waals surface area contributed by atoms with Crippen LogP contribution >= 0.6 is 11.3 Å². The number of nitrogens with one attached hydrogen (secondary N) is 4. The van der Waals surface area contributed by atoms with Crippen LogP contribution in [0.25, 0.3) is 10.2 Å². The molecule has 4 aromatic rings. The van der Waals surface area contributed by atoms with Gasteiger partial charge in [-0.2, -0.15) is 0 Å². The average molecular weight is 571 g/mol. The van der Waals surface area contributed by atoms with Crippen LogP contribution in [0.15, 0.2) is 60.8 Å². The number of para-hydroxylation sites is 1. The molecule has 2 aromatic carbocycles. The lowest BCUT2D eigenvalue weighted by molar-refractivity contribution is -0.120. The van der Waals surface area contributed by atoms with Gasteiger partial charge in [-0.3, -0.25) is 14.5 Å². The smallest absolute Gasteiger partial charge is 0.331 e. The third-order valence-electron chi connectivity index (χ3n) is 7.35. The number of urea groups is 1. The van der Waals surface area contributed by atoms with E-state index in [-0.39, 0.29) is 36.5 Å². The van der Waals surface area contributed by atoms with Crippen molar-refractivity contribution in [1.82, 2.24) is 20.9 Å². The molecule has 1 aliphatic carbocycles. The van der Waals surface area contributed by atoms with Crippen molar-refractivity contribution in [2.75, 3.05) is 23.8 Å². The van der Waals surface area contributed by atoms with Crippen LogP contribution in [-0.2, 0) is 4.79 Å². The topological polar surface area (TPSA) is 125 Å². The minimum Gasteiger partial charge on any atom is -0.457 e. The van der Waals surface area contributed by atoms with E-state index in [4.69, 9.17) is 4.74 Å². The van der Waals surface area contributed by atoms with Crippen LogP contribution in [0, 0.1) is 6.92 Å². The van der Waals surface area contributed by atoms with E-state index in [0.717, 1.165) is 30.2 Å². The standard InChI is InChI=1S/C30H30N6O4S/c1-17-15-19(40-18-7-4-3-5-8-18)11-12-23(17)36-26-25-22(35-30(36)39)13-14-32-29(25)41-27(26)28(38)34-21-10-6-9-20(21)33-24(37)16-31-2/h3-5,7-8,11-15,20-21,31H,6,9-10,16H2,1-2H3,(H,33,37)(H,34,38)(H,35,39)/t20-,21+/m1/s1. The number of thiophene rings is 1. The molecular formula is C30H30N6O4S. The summed E-state index contributed by atoms with van der Waals surface area (Å²) in [6.07, 6.45) is 4.06. The molecule has 1 saturated carbocycles. The summed E-state index contributed by atoms with van der Waals surface area (Å²) in [5.41, 5.74) is 2.54. The predicted molar refractivity (Wildman–Crippen MR) is 159 cm³/mol. The first kappa shape index (κ1) is 26.7. The number of hydrogen-bond acceptors (Lipinski definition) is 7. The molecule has 2 aliphatic rings. The van der Waals surface area contributed by atoms with E-state index in [2.05, 4.69) is 26.3 Å². The van der Waals surface area contributed by atoms with Crippen molar-refractivity contribution in [3.05, 3.63) is 71.2 Å². The zero-order valence-electron chi connectivity index (χ0n) is 22.7. The Morgan fingerprint density at radius 1 is 1.07 bits per heavy atom. The Bertz CT molecular complexity index is 1640. The van der Waals surface area contributed by atoms with Gasteiger partial charge in [0, 0.05) is 18.3 Å². The van der Waals surface area contributed by atoms with Gasteiger partial charge in [-0.15, -0.1) is 11.3 Å². The van der Waals surface area contributed by atoms with Crippen LogP contribution in [0.4, 0.5) is 21.9 Å². The fraction of sp³-hybridized carbons (Fsp3) is 0.267. The van der Waals surface area contributed by atoms with E-state index in [9.17, 15) is 14.4 Å². The van der Waals surface area contributed by atoms with Gasteiger partial charge in [0.15, 0.2) is 0 Å². The van der Waals surface area contributed by atoms with Gasteiger partial charge in [0.1, 0.15) is 21.2 Å². The molecular weight excluding hydrogens is 540 g/mol. The largest absolute Gasteiger partial charge is 0.457 e. The highest BCUT2D eigenvalue weighted by Gasteiger charge is 2.37. The molecule has 2 atom stereocenters. The Morgan fingerprint density at radius 3 is 2.61 bits per heavy atom. The fourth-order valence-corrected chi connectivity index (χ4v) is 6.56. The van der Waals surface area contributed by atoms with Crippen molar-refractivity contribution in [3.8, 4) is 11.5 Å². The Morgan fingerprint density at radius 2 is 1.85 bits per heavy atom. The number of amides is 4. The van der Waals surface area contributed by atoms with E-state index in [1.807, 2.05) is 55.5 Å². The van der Waals surface area contributed by atoms with E-state index in [1.165, 1.54) is 11.3 Å². The second-order valence-electron chi connectivity index (χ2n) is 10.2. The van der Waals surface area contributed by atoms with Crippen molar-refractivity contribution in [2.24, 2.45) is 0 Å². The van der Waals surface area contributed by atoms with Gasteiger partial charge in [0.2, 0.25) is 5.91 Å². The van der Waals surface area contributed by atoms with Gasteiger partial charge < -0.3 is 26.0 Å². The molecule has 0 spiro atoms. The zero-order valence-corrected chi connectivity index (χ0v) is 23.5. The molecule has 11 heteroatoms. The SMILES string of the molecule is CNCC(=O)N[C@@H]1CCC[C@@H]1NC(=O)c1sc2nccc3c2c1N(c1ccc(Oc2ccccc2)cc1C)C(=O)N3. The lowest BCUT2D eigenvalue weighted by Crippen LogP contribution is -2.50. The number of hydrogen-bond donors (Lipinski definition) is 4. The first-order valence-corrected chi connectivity index (χ1v) is 14.4. The van der Waals surface area contributed by atoms with E-state index < -0.39 is 0 Å². The van der Waals surface area contributed by atoms with Crippen molar-refractivity contribution in [2.45, 2.75) is 38.3 Å². The Hall–Kier alpha value is -4.48. The molecule has 10 nitrogen and oxygen atoms in total. The minimum atomic E-state index is -0.365. The molecule has 1 aliphatic heterocycles. The van der Waals surface area contributed by atoms with Crippen LogP contribution < -0.4 is 30.9 Å². The van der Waals surface area contributed by atoms with Gasteiger partial charge >= 0.3 is 6.03 Å². The number of carbonyl (C=O) groups excluding carboxylic acids is 3. The summed E-state index contributed by atoms with van der Waals surface area (Å²) in [5.74, 6) is 0.941. The number of aryl methyl sites for hydroxylation is 1. The predicted octanol–water partition coefficient (Wildman–Crippen LogP) is 5.07. The van der Waals surface area contributed by atoms with Gasteiger partial charge in [-0.25, -0.2) is 9.78 Å².